The summed E-state index contributed by atoms with van der Waals surface area (Å²) in [6, 6.07) is 10.7. The molecule has 2 aromatic carbocycles. The summed E-state index contributed by atoms with van der Waals surface area (Å²) in [7, 11) is -2.56. The van der Waals surface area contributed by atoms with Crippen molar-refractivity contribution in [2.45, 2.75) is 44.1 Å². The van der Waals surface area contributed by atoms with E-state index >= 15 is 0 Å². The third-order valence-electron chi connectivity index (χ3n) is 5.92. The number of fused-ring (bicyclic) bond motifs is 2. The number of sulfonamides is 1. The molecule has 0 radical (unpaired) electrons. The van der Waals surface area contributed by atoms with E-state index in [1.54, 1.807) is 17.9 Å². The van der Waals surface area contributed by atoms with E-state index in [1.807, 2.05) is 31.2 Å². The smallest absolute Gasteiger partial charge is 0.265 e. The van der Waals surface area contributed by atoms with E-state index in [9.17, 15) is 18.0 Å². The number of likely N-dealkylation sites (N-methyl/N-ethyl adjacent to an activating group) is 1. The van der Waals surface area contributed by atoms with Crippen molar-refractivity contribution < 1.29 is 22.7 Å². The summed E-state index contributed by atoms with van der Waals surface area (Å²) in [5.74, 6) is -0.210. The number of nitrogens with one attached hydrogen (secondary N) is 1. The molecule has 1 atom stereocenters. The number of carbonyl (C=O) groups excluding carboxylic acids is 2. The van der Waals surface area contributed by atoms with Gasteiger partial charge in [0, 0.05) is 25.3 Å². The van der Waals surface area contributed by atoms with Crippen LogP contribution in [0.4, 0.5) is 11.4 Å². The van der Waals surface area contributed by atoms with Gasteiger partial charge in [-0.2, -0.15) is 4.31 Å². The predicted octanol–water partition coefficient (Wildman–Crippen LogP) is 2.70. The summed E-state index contributed by atoms with van der Waals surface area (Å²) in [6.07, 6.45) is 1.54. The van der Waals surface area contributed by atoms with Gasteiger partial charge in [-0.1, -0.05) is 25.1 Å². The number of anilines is 2. The fourth-order valence-corrected chi connectivity index (χ4v) is 5.49. The molecule has 0 aliphatic carbocycles. The molecule has 2 aliphatic rings. The average Bonchev–Trinajstić information content (AvgIpc) is 2.77. The molecule has 2 heterocycles. The monoisotopic (exact) mass is 457 g/mol. The summed E-state index contributed by atoms with van der Waals surface area (Å²) >= 11 is 0. The topological polar surface area (TPSA) is 96.0 Å². The van der Waals surface area contributed by atoms with Gasteiger partial charge in [0.1, 0.15) is 5.75 Å². The molecule has 0 saturated heterocycles. The van der Waals surface area contributed by atoms with Crippen LogP contribution in [0.3, 0.4) is 0 Å². The highest BCUT2D eigenvalue weighted by molar-refractivity contribution is 7.89. The van der Waals surface area contributed by atoms with E-state index in [4.69, 9.17) is 4.74 Å². The van der Waals surface area contributed by atoms with Crippen LogP contribution >= 0.6 is 0 Å². The van der Waals surface area contributed by atoms with E-state index < -0.39 is 16.1 Å². The van der Waals surface area contributed by atoms with Gasteiger partial charge in [0.25, 0.3) is 5.91 Å². The molecule has 2 aromatic rings. The van der Waals surface area contributed by atoms with Gasteiger partial charge in [-0.25, -0.2) is 8.42 Å². The lowest BCUT2D eigenvalue weighted by molar-refractivity contribution is -0.123. The third-order valence-corrected chi connectivity index (χ3v) is 7.87. The van der Waals surface area contributed by atoms with Gasteiger partial charge in [0.15, 0.2) is 6.10 Å². The second-order valence-electron chi connectivity index (χ2n) is 8.16. The number of nitrogens with zero attached hydrogens (tertiary/aromatic N) is 2. The number of benzene rings is 2. The summed E-state index contributed by atoms with van der Waals surface area (Å²) in [4.78, 5) is 26.8. The molecule has 0 saturated carbocycles. The van der Waals surface area contributed by atoms with Crippen molar-refractivity contribution in [2.24, 2.45) is 0 Å². The number of hydrogen-bond acceptors (Lipinski definition) is 5. The number of carbonyl (C=O) groups is 2. The lowest BCUT2D eigenvalue weighted by atomic mass is 10.0. The van der Waals surface area contributed by atoms with Crippen molar-refractivity contribution in [1.29, 1.82) is 0 Å². The molecule has 0 spiro atoms. The van der Waals surface area contributed by atoms with Crippen LogP contribution in [0.2, 0.25) is 0 Å². The molecule has 9 heteroatoms. The molecule has 170 valence electrons. The Labute approximate surface area is 188 Å². The molecule has 4 rings (SSSR count). The lowest BCUT2D eigenvalue weighted by Gasteiger charge is -2.31. The molecule has 32 heavy (non-hydrogen) atoms. The van der Waals surface area contributed by atoms with Gasteiger partial charge in [-0.3, -0.25) is 9.59 Å². The molecule has 2 aliphatic heterocycles. The molecule has 0 aromatic heterocycles. The minimum absolute atomic E-state index is 0.0524. The quantitative estimate of drug-likeness (QED) is 0.745. The molecule has 8 nitrogen and oxygen atoms in total. The van der Waals surface area contributed by atoms with Gasteiger partial charge in [-0.15, -0.1) is 0 Å². The third kappa shape index (κ3) is 3.98. The molecule has 1 N–H and O–H groups in total. The number of ether oxygens (including phenoxy) is 1. The Morgan fingerprint density at radius 3 is 2.78 bits per heavy atom. The zero-order chi connectivity index (χ0) is 23.0. The lowest BCUT2D eigenvalue weighted by Crippen LogP contribution is -2.43. The Morgan fingerprint density at radius 2 is 2.03 bits per heavy atom. The minimum atomic E-state index is -3.96. The van der Waals surface area contributed by atoms with Crippen molar-refractivity contribution >= 4 is 33.2 Å². The van der Waals surface area contributed by atoms with Crippen LogP contribution in [0.1, 0.15) is 30.9 Å². The Balaban J connectivity index is 1.58. The van der Waals surface area contributed by atoms with Crippen molar-refractivity contribution in [3.63, 3.8) is 0 Å². The van der Waals surface area contributed by atoms with Crippen LogP contribution in [-0.4, -0.2) is 50.8 Å². The Kier molecular flexibility index (Phi) is 5.96. The first-order valence-electron chi connectivity index (χ1n) is 10.7. The largest absolute Gasteiger partial charge is 0.478 e. The van der Waals surface area contributed by atoms with Crippen molar-refractivity contribution in [1.82, 2.24) is 4.31 Å². The summed E-state index contributed by atoms with van der Waals surface area (Å²) in [5, 5.41) is 2.76. The maximum absolute atomic E-state index is 13.3. The van der Waals surface area contributed by atoms with Gasteiger partial charge >= 0.3 is 0 Å². The summed E-state index contributed by atoms with van der Waals surface area (Å²) in [5.41, 5.74) is 2.84. The highest BCUT2D eigenvalue weighted by Crippen LogP contribution is 2.36. The predicted molar refractivity (Wildman–Crippen MR) is 121 cm³/mol. The first kappa shape index (κ1) is 22.3. The first-order chi connectivity index (χ1) is 15.2. The van der Waals surface area contributed by atoms with Gasteiger partial charge in [-0.05, 0) is 49.4 Å². The van der Waals surface area contributed by atoms with E-state index in [0.29, 0.717) is 30.0 Å². The van der Waals surface area contributed by atoms with Crippen LogP contribution < -0.4 is 15.0 Å². The Morgan fingerprint density at radius 1 is 1.28 bits per heavy atom. The number of para-hydroxylation sites is 1. The second kappa shape index (κ2) is 8.55. The number of rotatable bonds is 5. The fraction of sp³-hybridized carbons (Fsp3) is 0.391. The zero-order valence-corrected chi connectivity index (χ0v) is 19.2. The SMILES string of the molecule is CC[C@@H]1Oc2cc(S(=O)(=O)N(C)CC(=O)N3CCCc4ccccc43)c(C)cc2NC1=O. The fourth-order valence-electron chi connectivity index (χ4n) is 4.15. The van der Waals surface area contributed by atoms with Crippen LogP contribution in [-0.2, 0) is 26.0 Å². The van der Waals surface area contributed by atoms with Crippen LogP contribution in [0.25, 0.3) is 0 Å². The maximum atomic E-state index is 13.3. The zero-order valence-electron chi connectivity index (χ0n) is 18.4. The standard InChI is InChI=1S/C23H27N3O5S/c1-4-19-23(28)24-17-12-15(2)21(13-20(17)31-19)32(29,30)25(3)14-22(27)26-11-7-9-16-8-5-6-10-18(16)26/h5-6,8,10,12-13,19H,4,7,9,11,14H2,1-3H3,(H,24,28)/t19-/m0/s1. The van der Waals surface area contributed by atoms with Gasteiger partial charge in [0.05, 0.1) is 17.1 Å². The maximum Gasteiger partial charge on any atom is 0.265 e. The molecule has 0 bridgehead atoms. The Hall–Kier alpha value is -2.91. The van der Waals surface area contributed by atoms with Crippen LogP contribution in [0.15, 0.2) is 41.3 Å². The molecule has 2 amide bonds. The first-order valence-corrected chi connectivity index (χ1v) is 12.1. The van der Waals surface area contributed by atoms with E-state index in [0.717, 1.165) is 28.4 Å². The van der Waals surface area contributed by atoms with Crippen molar-refractivity contribution in [3.05, 3.63) is 47.5 Å². The average molecular weight is 458 g/mol. The minimum Gasteiger partial charge on any atom is -0.478 e. The van der Waals surface area contributed by atoms with Gasteiger partial charge < -0.3 is 15.0 Å². The van der Waals surface area contributed by atoms with E-state index in [1.165, 1.54) is 13.1 Å². The second-order valence-corrected chi connectivity index (χ2v) is 10.2. The molecule has 0 fully saturated rings. The van der Waals surface area contributed by atoms with Gasteiger partial charge in [0.2, 0.25) is 15.9 Å². The van der Waals surface area contributed by atoms with Crippen molar-refractivity contribution in [2.75, 3.05) is 30.4 Å². The van der Waals surface area contributed by atoms with E-state index in [-0.39, 0.29) is 23.3 Å². The summed E-state index contributed by atoms with van der Waals surface area (Å²) in [6.45, 7) is 3.76. The summed E-state index contributed by atoms with van der Waals surface area (Å²) < 4.78 is 33.4. The number of amides is 2. The van der Waals surface area contributed by atoms with Crippen LogP contribution in [0.5, 0.6) is 5.75 Å². The normalized spacial score (nSPS) is 17.9. The molecule has 0 unspecified atom stereocenters. The molecular weight excluding hydrogens is 430 g/mol. The van der Waals surface area contributed by atoms with E-state index in [2.05, 4.69) is 5.32 Å². The number of aryl methyl sites for hydroxylation is 2. The highest BCUT2D eigenvalue weighted by atomic mass is 32.2. The van der Waals surface area contributed by atoms with Crippen LogP contribution in [0, 0.1) is 6.92 Å². The molecular formula is C23H27N3O5S. The van der Waals surface area contributed by atoms with Crippen molar-refractivity contribution in [3.8, 4) is 5.75 Å². The highest BCUT2D eigenvalue weighted by Gasteiger charge is 2.32. The Bertz CT molecular complexity index is 1180. The number of hydrogen-bond donors (Lipinski definition) is 1.